The topological polar surface area (TPSA) is 53.5 Å². The van der Waals surface area contributed by atoms with Crippen LogP contribution in [0.1, 0.15) is 6.92 Å². The maximum atomic E-state index is 5.54. The number of methoxy groups -OCH3 is 2. The van der Waals surface area contributed by atoms with Gasteiger partial charge in [-0.2, -0.15) is 4.37 Å². The fourth-order valence-corrected chi connectivity index (χ4v) is 3.55. The van der Waals surface area contributed by atoms with Crippen molar-refractivity contribution in [3.8, 4) is 27.7 Å². The van der Waals surface area contributed by atoms with Crippen LogP contribution in [0.4, 0.5) is 0 Å². The lowest BCUT2D eigenvalue weighted by Crippen LogP contribution is -1.93. The van der Waals surface area contributed by atoms with Gasteiger partial charge in [0, 0.05) is 33.3 Å². The summed E-state index contributed by atoms with van der Waals surface area (Å²) in [6.07, 6.45) is 1.81. The molecule has 0 saturated carbocycles. The molecule has 3 rings (SSSR count). The molecule has 0 unspecified atom stereocenters. The number of pyridine rings is 1. The second-order valence-corrected chi connectivity index (χ2v) is 6.27. The van der Waals surface area contributed by atoms with Crippen LogP contribution in [0.2, 0.25) is 0 Å². The zero-order valence-electron chi connectivity index (χ0n) is 12.9. The minimum Gasteiger partial charge on any atom is -0.493 e. The van der Waals surface area contributed by atoms with Crippen molar-refractivity contribution in [3.05, 3.63) is 28.9 Å². The molecule has 0 aliphatic carbocycles. The van der Waals surface area contributed by atoms with E-state index in [0.717, 1.165) is 31.7 Å². The Morgan fingerprint density at radius 3 is 2.57 bits per heavy atom. The molecule has 0 amide bonds. The first-order chi connectivity index (χ1) is 11.2. The molecule has 0 fully saturated rings. The smallest absolute Gasteiger partial charge is 0.220 e. The third-order valence-electron chi connectivity index (χ3n) is 3.35. The first kappa shape index (κ1) is 16.0. The Balaban J connectivity index is 2.09. The van der Waals surface area contributed by atoms with Gasteiger partial charge < -0.3 is 14.2 Å². The van der Waals surface area contributed by atoms with E-state index in [1.54, 1.807) is 14.2 Å². The summed E-state index contributed by atoms with van der Waals surface area (Å²) in [7, 11) is 3.23. The fourth-order valence-electron chi connectivity index (χ4n) is 2.26. The van der Waals surface area contributed by atoms with Crippen LogP contribution in [0.3, 0.4) is 0 Å². The molecule has 7 heteroatoms. The van der Waals surface area contributed by atoms with Crippen molar-refractivity contribution in [2.45, 2.75) is 6.92 Å². The van der Waals surface area contributed by atoms with E-state index >= 15 is 0 Å². The van der Waals surface area contributed by atoms with Gasteiger partial charge in [-0.05, 0) is 25.1 Å². The van der Waals surface area contributed by atoms with E-state index in [-0.39, 0.29) is 0 Å². The number of fused-ring (bicyclic) bond motifs is 1. The molecule has 0 saturated heterocycles. The van der Waals surface area contributed by atoms with E-state index in [2.05, 4.69) is 25.3 Å². The number of nitrogens with zero attached hydrogens (tertiary/aromatic N) is 2. The van der Waals surface area contributed by atoms with Crippen LogP contribution in [-0.4, -0.2) is 30.2 Å². The van der Waals surface area contributed by atoms with E-state index in [1.165, 1.54) is 11.5 Å². The van der Waals surface area contributed by atoms with E-state index in [0.29, 0.717) is 18.1 Å². The summed E-state index contributed by atoms with van der Waals surface area (Å²) in [6, 6.07) is 5.79. The second kappa shape index (κ2) is 6.72. The molecule has 23 heavy (non-hydrogen) atoms. The molecule has 0 spiro atoms. The van der Waals surface area contributed by atoms with Crippen LogP contribution in [0.5, 0.6) is 16.6 Å². The van der Waals surface area contributed by atoms with Crippen molar-refractivity contribution in [1.82, 2.24) is 9.36 Å². The second-order valence-electron chi connectivity index (χ2n) is 4.68. The SMILES string of the molecule is CCOc1snc2cc(-c3cc(OC)c(OC)cc3Br)cnc12. The Bertz CT molecular complexity index is 851. The minimum absolute atomic E-state index is 0.599. The van der Waals surface area contributed by atoms with Gasteiger partial charge in [-0.3, -0.25) is 0 Å². The number of benzene rings is 1. The van der Waals surface area contributed by atoms with Crippen molar-refractivity contribution < 1.29 is 14.2 Å². The maximum Gasteiger partial charge on any atom is 0.220 e. The van der Waals surface area contributed by atoms with Crippen molar-refractivity contribution in [1.29, 1.82) is 0 Å². The highest BCUT2D eigenvalue weighted by molar-refractivity contribution is 9.10. The van der Waals surface area contributed by atoms with Gasteiger partial charge in [0.25, 0.3) is 0 Å². The predicted octanol–water partition coefficient (Wildman–Crippen LogP) is 4.54. The monoisotopic (exact) mass is 394 g/mol. The number of hydrogen-bond acceptors (Lipinski definition) is 6. The van der Waals surface area contributed by atoms with Gasteiger partial charge in [0.2, 0.25) is 5.06 Å². The standard InChI is InChI=1S/C16H15BrN2O3S/c1-4-22-16-15-12(19-23-16)5-9(8-18-15)10-6-13(20-2)14(21-3)7-11(10)17/h5-8H,4H2,1-3H3. The summed E-state index contributed by atoms with van der Waals surface area (Å²) in [5.41, 5.74) is 3.51. The van der Waals surface area contributed by atoms with Gasteiger partial charge in [-0.1, -0.05) is 15.9 Å². The van der Waals surface area contributed by atoms with E-state index < -0.39 is 0 Å². The first-order valence-corrected chi connectivity index (χ1v) is 8.54. The average molecular weight is 395 g/mol. The first-order valence-electron chi connectivity index (χ1n) is 6.98. The summed E-state index contributed by atoms with van der Waals surface area (Å²) >= 11 is 4.89. The Kier molecular flexibility index (Phi) is 4.68. The van der Waals surface area contributed by atoms with Crippen LogP contribution in [-0.2, 0) is 0 Å². The Morgan fingerprint density at radius 1 is 1.13 bits per heavy atom. The van der Waals surface area contributed by atoms with E-state index in [9.17, 15) is 0 Å². The molecule has 2 heterocycles. The highest BCUT2D eigenvalue weighted by atomic mass is 79.9. The number of aromatic nitrogens is 2. The Labute approximate surface area is 146 Å². The van der Waals surface area contributed by atoms with Crippen molar-refractivity contribution in [2.24, 2.45) is 0 Å². The molecular weight excluding hydrogens is 380 g/mol. The summed E-state index contributed by atoms with van der Waals surface area (Å²) in [6.45, 7) is 2.54. The highest BCUT2D eigenvalue weighted by Gasteiger charge is 2.14. The highest BCUT2D eigenvalue weighted by Crippen LogP contribution is 2.39. The normalized spacial score (nSPS) is 10.8. The van der Waals surface area contributed by atoms with Gasteiger partial charge in [-0.25, -0.2) is 4.98 Å². The van der Waals surface area contributed by atoms with Crippen molar-refractivity contribution in [3.63, 3.8) is 0 Å². The molecule has 0 aliphatic rings. The van der Waals surface area contributed by atoms with Gasteiger partial charge in [-0.15, -0.1) is 0 Å². The summed E-state index contributed by atoms with van der Waals surface area (Å²) < 4.78 is 21.5. The van der Waals surface area contributed by atoms with Gasteiger partial charge >= 0.3 is 0 Å². The molecule has 0 aliphatic heterocycles. The molecule has 5 nitrogen and oxygen atoms in total. The lowest BCUT2D eigenvalue weighted by atomic mass is 10.1. The zero-order valence-corrected chi connectivity index (χ0v) is 15.3. The van der Waals surface area contributed by atoms with Crippen LogP contribution in [0.15, 0.2) is 28.9 Å². The third kappa shape index (κ3) is 2.98. The summed E-state index contributed by atoms with van der Waals surface area (Å²) in [5.74, 6) is 1.34. The lowest BCUT2D eigenvalue weighted by molar-refractivity contribution is 0.353. The lowest BCUT2D eigenvalue weighted by Gasteiger charge is -2.12. The molecule has 3 aromatic rings. The molecule has 0 N–H and O–H groups in total. The Hall–Kier alpha value is -1.86. The molecule has 1 aromatic carbocycles. The quantitative estimate of drug-likeness (QED) is 0.635. The van der Waals surface area contributed by atoms with Crippen molar-refractivity contribution >= 4 is 38.5 Å². The predicted molar refractivity (Wildman–Crippen MR) is 94.8 cm³/mol. The molecule has 0 radical (unpaired) electrons. The number of rotatable bonds is 5. The van der Waals surface area contributed by atoms with Crippen LogP contribution < -0.4 is 14.2 Å². The van der Waals surface area contributed by atoms with Gasteiger partial charge in [0.05, 0.1) is 20.8 Å². The summed E-state index contributed by atoms with van der Waals surface area (Å²) in [4.78, 5) is 4.51. The fraction of sp³-hybridized carbons (Fsp3) is 0.250. The maximum absolute atomic E-state index is 5.54. The van der Waals surface area contributed by atoms with E-state index in [4.69, 9.17) is 14.2 Å². The largest absolute Gasteiger partial charge is 0.493 e. The zero-order chi connectivity index (χ0) is 16.4. The third-order valence-corrected chi connectivity index (χ3v) is 4.77. The van der Waals surface area contributed by atoms with Crippen molar-refractivity contribution in [2.75, 3.05) is 20.8 Å². The minimum atomic E-state index is 0.599. The number of hydrogen-bond donors (Lipinski definition) is 0. The molecule has 0 atom stereocenters. The molecule has 2 aromatic heterocycles. The van der Waals surface area contributed by atoms with Crippen LogP contribution in [0.25, 0.3) is 22.2 Å². The Morgan fingerprint density at radius 2 is 1.87 bits per heavy atom. The molecule has 120 valence electrons. The molecular formula is C16H15BrN2O3S. The number of halogens is 1. The van der Waals surface area contributed by atoms with Gasteiger partial charge in [0.1, 0.15) is 11.0 Å². The summed E-state index contributed by atoms with van der Waals surface area (Å²) in [5, 5.41) is 0.750. The average Bonchev–Trinajstić information content (AvgIpc) is 2.97. The van der Waals surface area contributed by atoms with E-state index in [1.807, 2.05) is 31.3 Å². The molecule has 0 bridgehead atoms. The number of ether oxygens (including phenoxy) is 3. The van der Waals surface area contributed by atoms with Gasteiger partial charge in [0.15, 0.2) is 11.5 Å². The van der Waals surface area contributed by atoms with Crippen LogP contribution in [0, 0.1) is 0 Å². The van der Waals surface area contributed by atoms with Crippen LogP contribution >= 0.6 is 27.5 Å².